The lowest BCUT2D eigenvalue weighted by molar-refractivity contribution is 0.310. The molecule has 0 spiro atoms. The van der Waals surface area contributed by atoms with Crippen molar-refractivity contribution in [1.29, 1.82) is 0 Å². The molecule has 0 fully saturated rings. The molecule has 84 valence electrons. The van der Waals surface area contributed by atoms with Crippen LogP contribution in [0, 0.1) is 0 Å². The summed E-state index contributed by atoms with van der Waals surface area (Å²) in [7, 11) is 0. The normalized spacial score (nSPS) is 11.5. The molecule has 0 N–H and O–H groups in total. The van der Waals surface area contributed by atoms with Crippen LogP contribution >= 0.6 is 15.9 Å². The molecule has 0 saturated carbocycles. The maximum Gasteiger partial charge on any atom is 0.123 e. The average Bonchev–Trinajstić information content (AvgIpc) is 2.17. The summed E-state index contributed by atoms with van der Waals surface area (Å²) in [6.07, 6.45) is 1.04. The first-order valence-corrected chi connectivity index (χ1v) is 6.46. The van der Waals surface area contributed by atoms with Crippen LogP contribution in [0.3, 0.4) is 0 Å². The predicted molar refractivity (Wildman–Crippen MR) is 69.0 cm³/mol. The zero-order valence-corrected chi connectivity index (χ0v) is 11.3. The number of halogens is 1. The Morgan fingerprint density at radius 2 is 1.87 bits per heavy atom. The van der Waals surface area contributed by atoms with Crippen LogP contribution in [0.1, 0.15) is 32.8 Å². The molecule has 0 heterocycles. The van der Waals surface area contributed by atoms with E-state index in [1.165, 1.54) is 5.56 Å². The Balaban J connectivity index is 2.78. The first-order valence-electron chi connectivity index (χ1n) is 5.34. The second-order valence-electron chi connectivity index (χ2n) is 4.64. The molecule has 0 atom stereocenters. The van der Waals surface area contributed by atoms with Gasteiger partial charge in [-0.1, -0.05) is 54.9 Å². The highest BCUT2D eigenvalue weighted by molar-refractivity contribution is 9.09. The summed E-state index contributed by atoms with van der Waals surface area (Å²) in [4.78, 5) is 0. The van der Waals surface area contributed by atoms with Crippen molar-refractivity contribution in [2.45, 2.75) is 32.6 Å². The molecule has 0 amide bonds. The lowest BCUT2D eigenvalue weighted by atomic mass is 9.86. The minimum atomic E-state index is 0.144. The van der Waals surface area contributed by atoms with Crippen LogP contribution in [0.2, 0.25) is 0 Å². The molecule has 1 aromatic rings. The van der Waals surface area contributed by atoms with Gasteiger partial charge in [0.05, 0.1) is 6.61 Å². The maximum absolute atomic E-state index is 5.77. The van der Waals surface area contributed by atoms with Gasteiger partial charge in [0.15, 0.2) is 0 Å². The molecule has 0 aliphatic heterocycles. The van der Waals surface area contributed by atoms with Crippen molar-refractivity contribution in [3.05, 3.63) is 29.8 Å². The third-order valence-corrected chi connectivity index (χ3v) is 2.79. The van der Waals surface area contributed by atoms with Crippen molar-refractivity contribution in [2.75, 3.05) is 11.9 Å². The number of benzene rings is 1. The number of rotatable bonds is 4. The van der Waals surface area contributed by atoms with Crippen LogP contribution in [0.15, 0.2) is 24.3 Å². The molecule has 2 heteroatoms. The minimum absolute atomic E-state index is 0.144. The summed E-state index contributed by atoms with van der Waals surface area (Å²) in [5.74, 6) is 1.02. The summed E-state index contributed by atoms with van der Waals surface area (Å²) in [5, 5.41) is 0.991. The van der Waals surface area contributed by atoms with Gasteiger partial charge >= 0.3 is 0 Å². The molecule has 0 aliphatic carbocycles. The molecule has 1 aromatic carbocycles. The number of hydrogen-bond donors (Lipinski definition) is 0. The Morgan fingerprint density at radius 3 is 2.47 bits per heavy atom. The highest BCUT2D eigenvalue weighted by atomic mass is 79.9. The molecule has 0 aliphatic rings. The van der Waals surface area contributed by atoms with Crippen molar-refractivity contribution in [3.8, 4) is 5.75 Å². The van der Waals surface area contributed by atoms with E-state index in [1.54, 1.807) is 0 Å². The molecule has 1 rings (SSSR count). The van der Waals surface area contributed by atoms with Gasteiger partial charge in [0.25, 0.3) is 0 Å². The van der Waals surface area contributed by atoms with Gasteiger partial charge in [-0.3, -0.25) is 0 Å². The van der Waals surface area contributed by atoms with Gasteiger partial charge in [-0.2, -0.15) is 0 Å². The highest BCUT2D eigenvalue weighted by Crippen LogP contribution is 2.30. The Hall–Kier alpha value is -0.500. The van der Waals surface area contributed by atoms with E-state index < -0.39 is 0 Å². The summed E-state index contributed by atoms with van der Waals surface area (Å²) < 4.78 is 5.77. The van der Waals surface area contributed by atoms with E-state index >= 15 is 0 Å². The second kappa shape index (κ2) is 5.55. The third-order valence-electron chi connectivity index (χ3n) is 2.23. The van der Waals surface area contributed by atoms with Gasteiger partial charge in [0.2, 0.25) is 0 Å². The van der Waals surface area contributed by atoms with E-state index in [1.807, 2.05) is 6.07 Å². The van der Waals surface area contributed by atoms with Gasteiger partial charge < -0.3 is 4.74 Å². The van der Waals surface area contributed by atoms with Crippen molar-refractivity contribution < 1.29 is 4.74 Å². The summed E-state index contributed by atoms with van der Waals surface area (Å²) in [6.45, 7) is 7.40. The molecule has 0 unspecified atom stereocenters. The first kappa shape index (κ1) is 12.6. The number of alkyl halides is 1. The summed E-state index contributed by atoms with van der Waals surface area (Å²) >= 11 is 3.40. The van der Waals surface area contributed by atoms with Gasteiger partial charge in [-0.25, -0.2) is 0 Å². The third kappa shape index (κ3) is 3.86. The van der Waals surface area contributed by atoms with Gasteiger partial charge in [0.1, 0.15) is 5.75 Å². The Bertz CT molecular complexity index is 302. The number of para-hydroxylation sites is 1. The predicted octanol–water partition coefficient (Wildman–Crippen LogP) is 4.15. The molecule has 0 saturated heterocycles. The second-order valence-corrected chi connectivity index (χ2v) is 5.43. The quantitative estimate of drug-likeness (QED) is 0.590. The monoisotopic (exact) mass is 270 g/mol. The van der Waals surface area contributed by atoms with E-state index in [4.69, 9.17) is 4.74 Å². The number of ether oxygens (including phenoxy) is 1. The fourth-order valence-corrected chi connectivity index (χ4v) is 1.68. The molecule has 0 radical (unpaired) electrons. The molecular weight excluding hydrogens is 252 g/mol. The van der Waals surface area contributed by atoms with Crippen LogP contribution in [-0.2, 0) is 5.41 Å². The fourth-order valence-electron chi connectivity index (χ4n) is 1.45. The summed E-state index contributed by atoms with van der Waals surface area (Å²) in [5.41, 5.74) is 1.42. The molecule has 15 heavy (non-hydrogen) atoms. The van der Waals surface area contributed by atoms with E-state index in [-0.39, 0.29) is 5.41 Å². The zero-order valence-electron chi connectivity index (χ0n) is 9.72. The Kier molecular flexibility index (Phi) is 4.65. The number of hydrogen-bond acceptors (Lipinski definition) is 1. The zero-order chi connectivity index (χ0) is 11.3. The topological polar surface area (TPSA) is 9.23 Å². The van der Waals surface area contributed by atoms with E-state index in [2.05, 4.69) is 54.9 Å². The largest absolute Gasteiger partial charge is 0.493 e. The minimum Gasteiger partial charge on any atom is -0.493 e. The average molecular weight is 271 g/mol. The van der Waals surface area contributed by atoms with E-state index in [9.17, 15) is 0 Å². The molecule has 0 bridgehead atoms. The van der Waals surface area contributed by atoms with Crippen LogP contribution in [-0.4, -0.2) is 11.9 Å². The van der Waals surface area contributed by atoms with Gasteiger partial charge in [0, 0.05) is 5.33 Å². The molecule has 0 aromatic heterocycles. The van der Waals surface area contributed by atoms with E-state index in [0.717, 1.165) is 24.1 Å². The maximum atomic E-state index is 5.77. The Morgan fingerprint density at radius 1 is 1.20 bits per heavy atom. The molecule has 1 nitrogen and oxygen atoms in total. The van der Waals surface area contributed by atoms with E-state index in [0.29, 0.717) is 0 Å². The van der Waals surface area contributed by atoms with Crippen molar-refractivity contribution in [1.82, 2.24) is 0 Å². The van der Waals surface area contributed by atoms with Crippen LogP contribution in [0.5, 0.6) is 5.75 Å². The highest BCUT2D eigenvalue weighted by Gasteiger charge is 2.17. The van der Waals surface area contributed by atoms with Crippen molar-refractivity contribution in [3.63, 3.8) is 0 Å². The SMILES string of the molecule is CC(C)(C)c1ccccc1OCCCBr. The smallest absolute Gasteiger partial charge is 0.123 e. The van der Waals surface area contributed by atoms with Crippen molar-refractivity contribution >= 4 is 15.9 Å². The van der Waals surface area contributed by atoms with Gasteiger partial charge in [-0.05, 0) is 23.5 Å². The standard InChI is InChI=1S/C13H19BrO/c1-13(2,3)11-7-4-5-8-12(11)15-10-6-9-14/h4-5,7-8H,6,9-10H2,1-3H3. The lowest BCUT2D eigenvalue weighted by Crippen LogP contribution is -2.13. The Labute approximate surface area is 101 Å². The lowest BCUT2D eigenvalue weighted by Gasteiger charge is -2.22. The fraction of sp³-hybridized carbons (Fsp3) is 0.538. The summed E-state index contributed by atoms with van der Waals surface area (Å²) in [6, 6.07) is 8.29. The van der Waals surface area contributed by atoms with Crippen LogP contribution in [0.4, 0.5) is 0 Å². The van der Waals surface area contributed by atoms with Crippen LogP contribution < -0.4 is 4.74 Å². The van der Waals surface area contributed by atoms with Crippen LogP contribution in [0.25, 0.3) is 0 Å². The first-order chi connectivity index (χ1) is 7.05. The molecular formula is C13H19BrO. The van der Waals surface area contributed by atoms with Gasteiger partial charge in [-0.15, -0.1) is 0 Å². The van der Waals surface area contributed by atoms with Crippen molar-refractivity contribution in [2.24, 2.45) is 0 Å².